The fourth-order valence-electron chi connectivity index (χ4n) is 1.79. The SMILES string of the molecule is CCCn1nnnc1CSc1nnnn1Cc1cccs1. The highest BCUT2D eigenvalue weighted by Crippen LogP contribution is 2.20. The first-order valence-corrected chi connectivity index (χ1v) is 8.39. The third-order valence-corrected chi connectivity index (χ3v) is 4.57. The molecule has 0 saturated heterocycles. The molecule has 0 amide bonds. The third kappa shape index (κ3) is 3.45. The van der Waals surface area contributed by atoms with Crippen LogP contribution < -0.4 is 0 Å². The molecule has 8 nitrogen and oxygen atoms in total. The number of tetrazole rings is 2. The molecule has 0 aliphatic carbocycles. The Hall–Kier alpha value is -1.81. The lowest BCUT2D eigenvalue weighted by molar-refractivity contribution is 0.563. The Bertz CT molecular complexity index is 674. The number of thiophene rings is 1. The van der Waals surface area contributed by atoms with Gasteiger partial charge in [0, 0.05) is 11.4 Å². The molecule has 0 unspecified atom stereocenters. The quantitative estimate of drug-likeness (QED) is 0.609. The topological polar surface area (TPSA) is 87.2 Å². The highest BCUT2D eigenvalue weighted by Gasteiger charge is 2.11. The van der Waals surface area contributed by atoms with E-state index < -0.39 is 0 Å². The summed E-state index contributed by atoms with van der Waals surface area (Å²) in [6.45, 7) is 3.61. The van der Waals surface area contributed by atoms with Crippen LogP contribution in [0.25, 0.3) is 0 Å². The maximum atomic E-state index is 4.06. The summed E-state index contributed by atoms with van der Waals surface area (Å²) in [6.07, 6.45) is 0.999. The lowest BCUT2D eigenvalue weighted by Gasteiger charge is -2.03. The Labute approximate surface area is 129 Å². The van der Waals surface area contributed by atoms with Crippen LogP contribution in [0.2, 0.25) is 0 Å². The van der Waals surface area contributed by atoms with Crippen molar-refractivity contribution in [2.45, 2.75) is 37.3 Å². The molecule has 3 heterocycles. The van der Waals surface area contributed by atoms with Crippen LogP contribution in [0.5, 0.6) is 0 Å². The van der Waals surface area contributed by atoms with Crippen LogP contribution in [0.4, 0.5) is 0 Å². The van der Waals surface area contributed by atoms with Gasteiger partial charge in [-0.05, 0) is 38.7 Å². The van der Waals surface area contributed by atoms with E-state index in [1.54, 1.807) is 27.8 Å². The molecule has 0 aromatic carbocycles. The van der Waals surface area contributed by atoms with E-state index >= 15 is 0 Å². The Morgan fingerprint density at radius 2 is 2.05 bits per heavy atom. The summed E-state index contributed by atoms with van der Waals surface area (Å²) in [4.78, 5) is 1.22. The molecule has 0 aliphatic heterocycles. The molecule has 0 atom stereocenters. The number of rotatable bonds is 7. The van der Waals surface area contributed by atoms with E-state index in [-0.39, 0.29) is 0 Å². The van der Waals surface area contributed by atoms with E-state index in [1.807, 2.05) is 16.1 Å². The smallest absolute Gasteiger partial charge is 0.210 e. The van der Waals surface area contributed by atoms with Crippen molar-refractivity contribution in [1.29, 1.82) is 0 Å². The summed E-state index contributed by atoms with van der Waals surface area (Å²) in [7, 11) is 0. The molecule has 0 bridgehead atoms. The van der Waals surface area contributed by atoms with Gasteiger partial charge in [0.05, 0.1) is 12.3 Å². The van der Waals surface area contributed by atoms with Crippen molar-refractivity contribution in [3.05, 3.63) is 28.2 Å². The summed E-state index contributed by atoms with van der Waals surface area (Å²) in [5, 5.41) is 26.4. The standard InChI is InChI=1S/C11H14N8S2/c1-2-5-18-10(12-14-16-18)8-21-11-13-15-17-19(11)7-9-4-3-6-20-9/h3-4,6H,2,5,7-8H2,1H3. The molecule has 0 aliphatic rings. The van der Waals surface area contributed by atoms with Crippen LogP contribution in [0.1, 0.15) is 24.0 Å². The van der Waals surface area contributed by atoms with Crippen LogP contribution in [0.3, 0.4) is 0 Å². The molecule has 3 rings (SSSR count). The Morgan fingerprint density at radius 1 is 1.19 bits per heavy atom. The van der Waals surface area contributed by atoms with Gasteiger partial charge in [-0.15, -0.1) is 21.5 Å². The summed E-state index contributed by atoms with van der Waals surface area (Å²) >= 11 is 3.23. The highest BCUT2D eigenvalue weighted by molar-refractivity contribution is 7.98. The average Bonchev–Trinajstić information content (AvgIpc) is 3.20. The number of hydrogen-bond donors (Lipinski definition) is 0. The lowest BCUT2D eigenvalue weighted by atomic mass is 10.5. The Balaban J connectivity index is 1.65. The number of hydrogen-bond acceptors (Lipinski definition) is 8. The van der Waals surface area contributed by atoms with Crippen molar-refractivity contribution in [2.75, 3.05) is 0 Å². The van der Waals surface area contributed by atoms with Gasteiger partial charge >= 0.3 is 0 Å². The van der Waals surface area contributed by atoms with Gasteiger partial charge in [0.25, 0.3) is 0 Å². The largest absolute Gasteiger partial charge is 0.229 e. The second kappa shape index (κ2) is 6.76. The molecule has 10 heteroatoms. The maximum Gasteiger partial charge on any atom is 0.210 e. The van der Waals surface area contributed by atoms with E-state index in [2.05, 4.69) is 44.0 Å². The first kappa shape index (κ1) is 14.1. The Morgan fingerprint density at radius 3 is 2.86 bits per heavy atom. The zero-order chi connectivity index (χ0) is 14.5. The minimum Gasteiger partial charge on any atom is -0.229 e. The van der Waals surface area contributed by atoms with Crippen LogP contribution in [-0.2, 0) is 18.8 Å². The van der Waals surface area contributed by atoms with E-state index in [9.17, 15) is 0 Å². The van der Waals surface area contributed by atoms with Crippen molar-refractivity contribution in [3.8, 4) is 0 Å². The minimum atomic E-state index is 0.651. The van der Waals surface area contributed by atoms with E-state index in [0.717, 1.165) is 23.9 Å². The lowest BCUT2D eigenvalue weighted by Crippen LogP contribution is -2.06. The van der Waals surface area contributed by atoms with Crippen molar-refractivity contribution in [3.63, 3.8) is 0 Å². The fourth-order valence-corrected chi connectivity index (χ4v) is 3.29. The molecule has 0 radical (unpaired) electrons. The normalized spacial score (nSPS) is 11.1. The summed E-state index contributed by atoms with van der Waals surface area (Å²) in [6, 6.07) is 4.10. The molecule has 3 aromatic heterocycles. The first-order valence-electron chi connectivity index (χ1n) is 6.53. The van der Waals surface area contributed by atoms with E-state index in [4.69, 9.17) is 0 Å². The van der Waals surface area contributed by atoms with Gasteiger partial charge in [-0.25, -0.2) is 9.36 Å². The van der Waals surface area contributed by atoms with Gasteiger partial charge in [0.2, 0.25) is 5.16 Å². The van der Waals surface area contributed by atoms with Gasteiger partial charge in [0.1, 0.15) is 0 Å². The number of thioether (sulfide) groups is 1. The summed E-state index contributed by atoms with van der Waals surface area (Å²) in [5.74, 6) is 1.49. The molecule has 0 spiro atoms. The maximum absolute atomic E-state index is 4.06. The summed E-state index contributed by atoms with van der Waals surface area (Å²) < 4.78 is 3.62. The molecular formula is C11H14N8S2. The molecule has 21 heavy (non-hydrogen) atoms. The summed E-state index contributed by atoms with van der Waals surface area (Å²) in [5.41, 5.74) is 0. The predicted octanol–water partition coefficient (Wildman–Crippen LogP) is 1.47. The predicted molar refractivity (Wildman–Crippen MR) is 78.9 cm³/mol. The van der Waals surface area contributed by atoms with Gasteiger partial charge in [-0.3, -0.25) is 0 Å². The molecule has 0 fully saturated rings. The zero-order valence-electron chi connectivity index (χ0n) is 11.5. The first-order chi connectivity index (χ1) is 10.4. The Kier molecular flexibility index (Phi) is 4.55. The molecule has 0 N–H and O–H groups in total. The van der Waals surface area contributed by atoms with Crippen molar-refractivity contribution in [1.82, 2.24) is 40.4 Å². The number of aromatic nitrogens is 8. The van der Waals surface area contributed by atoms with Crippen molar-refractivity contribution >= 4 is 23.1 Å². The second-order valence-electron chi connectivity index (χ2n) is 4.31. The molecule has 110 valence electrons. The molecular weight excluding hydrogens is 308 g/mol. The zero-order valence-corrected chi connectivity index (χ0v) is 13.1. The fraction of sp³-hybridized carbons (Fsp3) is 0.455. The van der Waals surface area contributed by atoms with Crippen LogP contribution in [0.15, 0.2) is 22.7 Å². The van der Waals surface area contributed by atoms with Gasteiger partial charge in [-0.1, -0.05) is 24.8 Å². The number of nitrogens with zero attached hydrogens (tertiary/aromatic N) is 8. The van der Waals surface area contributed by atoms with Gasteiger partial charge in [-0.2, -0.15) is 0 Å². The van der Waals surface area contributed by atoms with Crippen LogP contribution >= 0.6 is 23.1 Å². The third-order valence-electron chi connectivity index (χ3n) is 2.76. The van der Waals surface area contributed by atoms with Crippen LogP contribution in [-0.4, -0.2) is 40.4 Å². The molecule has 3 aromatic rings. The molecule has 0 saturated carbocycles. The monoisotopic (exact) mass is 322 g/mol. The average molecular weight is 322 g/mol. The minimum absolute atomic E-state index is 0.651. The van der Waals surface area contributed by atoms with Gasteiger partial charge < -0.3 is 0 Å². The van der Waals surface area contributed by atoms with Crippen molar-refractivity contribution in [2.24, 2.45) is 0 Å². The number of aryl methyl sites for hydroxylation is 1. The highest BCUT2D eigenvalue weighted by atomic mass is 32.2. The van der Waals surface area contributed by atoms with E-state index in [1.165, 1.54) is 4.88 Å². The van der Waals surface area contributed by atoms with Crippen LogP contribution in [0, 0.1) is 0 Å². The van der Waals surface area contributed by atoms with E-state index in [0.29, 0.717) is 12.3 Å². The second-order valence-corrected chi connectivity index (χ2v) is 6.28. The van der Waals surface area contributed by atoms with Crippen molar-refractivity contribution < 1.29 is 0 Å². The van der Waals surface area contributed by atoms with Gasteiger partial charge in [0.15, 0.2) is 5.82 Å².